The van der Waals surface area contributed by atoms with Gasteiger partial charge in [-0.1, -0.05) is 45.8 Å². The van der Waals surface area contributed by atoms with Gasteiger partial charge < -0.3 is 4.74 Å². The summed E-state index contributed by atoms with van der Waals surface area (Å²) in [4.78, 5) is 0. The van der Waals surface area contributed by atoms with Crippen LogP contribution in [0.4, 0.5) is 5.69 Å². The number of nitrogens with one attached hydrogen (secondary N) is 1. The molecule has 0 saturated carbocycles. The largest absolute Gasteiger partial charge is 0.489 e. The molecule has 0 saturated heterocycles. The second kappa shape index (κ2) is 8.49. The smallest absolute Gasteiger partial charge is 0.119 e. The van der Waals surface area contributed by atoms with Crippen LogP contribution < -0.4 is 10.2 Å². The van der Waals surface area contributed by atoms with Crippen molar-refractivity contribution in [3.05, 3.63) is 94.0 Å². The number of rotatable bonds is 6. The fourth-order valence-electron chi connectivity index (χ4n) is 2.21. The molecule has 0 fully saturated rings. The van der Waals surface area contributed by atoms with Crippen molar-refractivity contribution >= 4 is 27.8 Å². The number of hydrogen-bond acceptors (Lipinski definition) is 3. The van der Waals surface area contributed by atoms with Gasteiger partial charge in [0.05, 0.1) is 11.9 Å². The Morgan fingerprint density at radius 2 is 1.60 bits per heavy atom. The van der Waals surface area contributed by atoms with E-state index in [0.717, 1.165) is 27.0 Å². The molecule has 0 atom stereocenters. The molecule has 0 heterocycles. The molecule has 3 aromatic carbocycles. The fourth-order valence-corrected chi connectivity index (χ4v) is 2.47. The van der Waals surface area contributed by atoms with Crippen molar-refractivity contribution in [2.45, 2.75) is 13.5 Å². The van der Waals surface area contributed by atoms with E-state index >= 15 is 0 Å². The maximum Gasteiger partial charge on any atom is 0.119 e. The fraction of sp³-hybridized carbons (Fsp3) is 0.0952. The summed E-state index contributed by atoms with van der Waals surface area (Å²) < 4.78 is 6.87. The third kappa shape index (κ3) is 5.47. The molecule has 0 radical (unpaired) electrons. The Morgan fingerprint density at radius 1 is 0.920 bits per heavy atom. The normalized spacial score (nSPS) is 10.8. The molecule has 0 unspecified atom stereocenters. The van der Waals surface area contributed by atoms with Crippen LogP contribution in [-0.2, 0) is 6.61 Å². The van der Waals surface area contributed by atoms with Gasteiger partial charge in [-0.05, 0) is 66.6 Å². The molecule has 3 nitrogen and oxygen atoms in total. The van der Waals surface area contributed by atoms with Gasteiger partial charge in [-0.3, -0.25) is 5.43 Å². The first-order valence-corrected chi connectivity index (χ1v) is 8.81. The first-order chi connectivity index (χ1) is 12.2. The maximum atomic E-state index is 5.80. The van der Waals surface area contributed by atoms with Gasteiger partial charge in [0, 0.05) is 4.47 Å². The second-order valence-corrected chi connectivity index (χ2v) is 6.64. The van der Waals surface area contributed by atoms with E-state index in [9.17, 15) is 0 Å². The van der Waals surface area contributed by atoms with Crippen molar-refractivity contribution in [2.24, 2.45) is 5.10 Å². The molecule has 0 spiro atoms. The van der Waals surface area contributed by atoms with Gasteiger partial charge in [0.2, 0.25) is 0 Å². The van der Waals surface area contributed by atoms with E-state index in [2.05, 4.69) is 45.5 Å². The van der Waals surface area contributed by atoms with Gasteiger partial charge in [0.15, 0.2) is 0 Å². The lowest BCUT2D eigenvalue weighted by atomic mass is 10.2. The Morgan fingerprint density at radius 3 is 2.28 bits per heavy atom. The van der Waals surface area contributed by atoms with Crippen LogP contribution in [0.15, 0.2) is 82.4 Å². The Kier molecular flexibility index (Phi) is 5.86. The van der Waals surface area contributed by atoms with E-state index in [4.69, 9.17) is 4.74 Å². The highest BCUT2D eigenvalue weighted by atomic mass is 79.9. The number of aryl methyl sites for hydroxylation is 1. The predicted molar refractivity (Wildman–Crippen MR) is 107 cm³/mol. The highest BCUT2D eigenvalue weighted by Gasteiger charge is 1.97. The molecular formula is C21H19BrN2O. The second-order valence-electron chi connectivity index (χ2n) is 5.72. The van der Waals surface area contributed by atoms with Crippen molar-refractivity contribution in [2.75, 3.05) is 5.43 Å². The summed E-state index contributed by atoms with van der Waals surface area (Å²) >= 11 is 3.43. The molecule has 4 heteroatoms. The third-order valence-corrected chi connectivity index (χ3v) is 4.19. The van der Waals surface area contributed by atoms with Gasteiger partial charge in [0.25, 0.3) is 0 Å². The molecule has 3 rings (SSSR count). The highest BCUT2D eigenvalue weighted by Crippen LogP contribution is 2.15. The maximum absolute atomic E-state index is 5.80. The Balaban J connectivity index is 1.52. The molecule has 126 valence electrons. The molecule has 0 aliphatic heterocycles. The summed E-state index contributed by atoms with van der Waals surface area (Å²) in [6, 6.07) is 24.1. The molecule has 0 amide bonds. The monoisotopic (exact) mass is 394 g/mol. The first kappa shape index (κ1) is 17.2. The van der Waals surface area contributed by atoms with Crippen LogP contribution in [-0.4, -0.2) is 6.21 Å². The molecule has 0 aliphatic carbocycles. The highest BCUT2D eigenvalue weighted by molar-refractivity contribution is 9.10. The topological polar surface area (TPSA) is 33.6 Å². The number of halogens is 1. The molecule has 0 aliphatic rings. The van der Waals surface area contributed by atoms with Crippen LogP contribution in [0.25, 0.3) is 0 Å². The molecule has 1 N–H and O–H groups in total. The minimum absolute atomic E-state index is 0.551. The minimum atomic E-state index is 0.551. The van der Waals surface area contributed by atoms with Crippen molar-refractivity contribution in [3.8, 4) is 5.75 Å². The van der Waals surface area contributed by atoms with E-state index in [1.807, 2.05) is 60.7 Å². The Hall–Kier alpha value is -2.59. The van der Waals surface area contributed by atoms with Crippen molar-refractivity contribution < 1.29 is 4.74 Å². The van der Waals surface area contributed by atoms with E-state index in [0.29, 0.717) is 6.61 Å². The summed E-state index contributed by atoms with van der Waals surface area (Å²) in [5.74, 6) is 0.839. The van der Waals surface area contributed by atoms with Gasteiger partial charge >= 0.3 is 0 Å². The Bertz CT molecular complexity index is 825. The molecule has 0 bridgehead atoms. The number of benzene rings is 3. The average molecular weight is 395 g/mol. The van der Waals surface area contributed by atoms with Crippen molar-refractivity contribution in [1.29, 1.82) is 0 Å². The summed E-state index contributed by atoms with van der Waals surface area (Å²) in [6.07, 6.45) is 1.79. The Labute approximate surface area is 156 Å². The van der Waals surface area contributed by atoms with Gasteiger partial charge in [-0.25, -0.2) is 0 Å². The average Bonchev–Trinajstić information content (AvgIpc) is 2.64. The van der Waals surface area contributed by atoms with Crippen molar-refractivity contribution in [3.63, 3.8) is 0 Å². The molecule has 3 aromatic rings. The van der Waals surface area contributed by atoms with E-state index in [1.54, 1.807) is 6.21 Å². The van der Waals surface area contributed by atoms with Crippen LogP contribution in [0, 0.1) is 6.92 Å². The van der Waals surface area contributed by atoms with Crippen LogP contribution in [0.3, 0.4) is 0 Å². The lowest BCUT2D eigenvalue weighted by molar-refractivity contribution is 0.306. The van der Waals surface area contributed by atoms with Crippen molar-refractivity contribution in [1.82, 2.24) is 0 Å². The van der Waals surface area contributed by atoms with E-state index < -0.39 is 0 Å². The SMILES string of the molecule is Cc1ccc(NN=Cc2ccc(OCc3ccc(Br)cc3)cc2)cc1. The standard InChI is InChI=1S/C21H19BrN2O/c1-16-2-10-20(11-3-16)24-23-14-17-6-12-21(13-7-17)25-15-18-4-8-19(22)9-5-18/h2-14,24H,15H2,1H3. The zero-order chi connectivity index (χ0) is 17.5. The predicted octanol–water partition coefficient (Wildman–Crippen LogP) is 5.78. The lowest BCUT2D eigenvalue weighted by Gasteiger charge is -2.06. The zero-order valence-corrected chi connectivity index (χ0v) is 15.5. The van der Waals surface area contributed by atoms with E-state index in [1.165, 1.54) is 5.56 Å². The summed E-state index contributed by atoms with van der Waals surface area (Å²) in [5.41, 5.74) is 7.36. The number of hydrazone groups is 1. The molecule has 25 heavy (non-hydrogen) atoms. The number of nitrogens with zero attached hydrogens (tertiary/aromatic N) is 1. The summed E-state index contributed by atoms with van der Waals surface area (Å²) in [5, 5.41) is 4.25. The number of hydrogen-bond donors (Lipinski definition) is 1. The third-order valence-electron chi connectivity index (χ3n) is 3.66. The number of ether oxygens (including phenoxy) is 1. The molecule has 0 aromatic heterocycles. The van der Waals surface area contributed by atoms with Crippen LogP contribution in [0.2, 0.25) is 0 Å². The van der Waals surface area contributed by atoms with Gasteiger partial charge in [-0.15, -0.1) is 0 Å². The zero-order valence-electron chi connectivity index (χ0n) is 13.9. The van der Waals surface area contributed by atoms with Crippen LogP contribution >= 0.6 is 15.9 Å². The quantitative estimate of drug-likeness (QED) is 0.424. The summed E-state index contributed by atoms with van der Waals surface area (Å²) in [6.45, 7) is 2.61. The van der Waals surface area contributed by atoms with Crippen LogP contribution in [0.1, 0.15) is 16.7 Å². The van der Waals surface area contributed by atoms with Gasteiger partial charge in [-0.2, -0.15) is 5.10 Å². The molecular weight excluding hydrogens is 376 g/mol. The minimum Gasteiger partial charge on any atom is -0.489 e. The van der Waals surface area contributed by atoms with Crippen LogP contribution in [0.5, 0.6) is 5.75 Å². The van der Waals surface area contributed by atoms with E-state index in [-0.39, 0.29) is 0 Å². The summed E-state index contributed by atoms with van der Waals surface area (Å²) in [7, 11) is 0. The number of anilines is 1. The first-order valence-electron chi connectivity index (χ1n) is 8.02. The lowest BCUT2D eigenvalue weighted by Crippen LogP contribution is -1.95. The van der Waals surface area contributed by atoms with Gasteiger partial charge in [0.1, 0.15) is 12.4 Å².